The first-order chi connectivity index (χ1) is 6.35. The lowest BCUT2D eigenvalue weighted by Gasteiger charge is -2.18. The molecule has 1 saturated carbocycles. The van der Waals surface area contributed by atoms with Gasteiger partial charge in [-0.05, 0) is 19.8 Å². The highest BCUT2D eigenvalue weighted by Gasteiger charge is 2.29. The van der Waals surface area contributed by atoms with Gasteiger partial charge in [0, 0.05) is 12.6 Å². The average Bonchev–Trinajstić information content (AvgIpc) is 2.85. The summed E-state index contributed by atoms with van der Waals surface area (Å²) in [5.74, 6) is 0. The van der Waals surface area contributed by atoms with E-state index in [2.05, 4.69) is 16.8 Å². The van der Waals surface area contributed by atoms with Gasteiger partial charge in [0.25, 0.3) is 0 Å². The normalized spacial score (nSPS) is 15.8. The summed E-state index contributed by atoms with van der Waals surface area (Å²) in [6.45, 7) is 3.11. The van der Waals surface area contributed by atoms with E-state index in [1.165, 1.54) is 24.2 Å². The van der Waals surface area contributed by atoms with Crippen molar-refractivity contribution < 1.29 is 4.79 Å². The van der Waals surface area contributed by atoms with Crippen LogP contribution < -0.4 is 4.90 Å². The van der Waals surface area contributed by atoms with E-state index in [-0.39, 0.29) is 0 Å². The fraction of sp³-hybridized carbons (Fsp3) is 0.556. The minimum Gasteiger partial charge on any atom is -0.345 e. The summed E-state index contributed by atoms with van der Waals surface area (Å²) in [6, 6.07) is 0.677. The number of rotatable bonds is 4. The van der Waals surface area contributed by atoms with Gasteiger partial charge in [-0.2, -0.15) is 0 Å². The van der Waals surface area contributed by atoms with Crippen molar-refractivity contribution in [1.82, 2.24) is 4.98 Å². The molecule has 0 atom stereocenters. The van der Waals surface area contributed by atoms with E-state index in [1.807, 2.05) is 0 Å². The minimum absolute atomic E-state index is 0.677. The van der Waals surface area contributed by atoms with Crippen LogP contribution in [0.2, 0.25) is 0 Å². The van der Waals surface area contributed by atoms with Gasteiger partial charge in [-0.15, -0.1) is 0 Å². The number of carbonyl (C=O) groups excluding carboxylic acids is 1. The molecular formula is C9H12N2OS. The molecule has 0 aliphatic heterocycles. The Bertz CT molecular complexity index is 306. The molecule has 1 heterocycles. The van der Waals surface area contributed by atoms with E-state index in [1.54, 1.807) is 6.20 Å². The van der Waals surface area contributed by atoms with Crippen molar-refractivity contribution in [3.8, 4) is 0 Å². The first-order valence-electron chi connectivity index (χ1n) is 4.52. The Labute approximate surface area is 81.4 Å². The molecule has 1 fully saturated rings. The summed E-state index contributed by atoms with van der Waals surface area (Å²) in [7, 11) is 0. The summed E-state index contributed by atoms with van der Waals surface area (Å²) in [4.78, 5) is 17.7. The monoisotopic (exact) mass is 196 g/mol. The molecule has 3 nitrogen and oxygen atoms in total. The van der Waals surface area contributed by atoms with Crippen molar-refractivity contribution in [1.29, 1.82) is 0 Å². The zero-order valence-corrected chi connectivity index (χ0v) is 8.38. The van der Waals surface area contributed by atoms with E-state index in [9.17, 15) is 4.79 Å². The smallest absolute Gasteiger partial charge is 0.186 e. The number of hydrogen-bond donors (Lipinski definition) is 0. The molecule has 0 unspecified atom stereocenters. The molecule has 0 aromatic carbocycles. The number of nitrogens with zero attached hydrogens (tertiary/aromatic N) is 2. The Hall–Kier alpha value is -0.900. The molecule has 4 heteroatoms. The predicted molar refractivity (Wildman–Crippen MR) is 53.5 cm³/mol. The van der Waals surface area contributed by atoms with Crippen LogP contribution in [0.1, 0.15) is 29.4 Å². The highest BCUT2D eigenvalue weighted by molar-refractivity contribution is 7.17. The van der Waals surface area contributed by atoms with Gasteiger partial charge in [-0.3, -0.25) is 4.79 Å². The maximum atomic E-state index is 10.5. The van der Waals surface area contributed by atoms with Crippen LogP contribution in [0.4, 0.5) is 5.13 Å². The van der Waals surface area contributed by atoms with E-state index in [0.29, 0.717) is 10.9 Å². The molecule has 1 aliphatic rings. The van der Waals surface area contributed by atoms with Gasteiger partial charge in [0.2, 0.25) is 0 Å². The molecule has 2 rings (SSSR count). The van der Waals surface area contributed by atoms with Crippen LogP contribution in [0.25, 0.3) is 0 Å². The van der Waals surface area contributed by atoms with Crippen LogP contribution in [-0.4, -0.2) is 23.9 Å². The molecule has 0 bridgehead atoms. The summed E-state index contributed by atoms with van der Waals surface area (Å²) in [6.07, 6.45) is 5.05. The van der Waals surface area contributed by atoms with Gasteiger partial charge in [-0.1, -0.05) is 11.3 Å². The maximum absolute atomic E-state index is 10.5. The van der Waals surface area contributed by atoms with Crippen molar-refractivity contribution in [3.05, 3.63) is 11.1 Å². The standard InChI is InChI=1S/C9H12N2OS/c1-2-11(7-3-4-7)9-10-5-8(6-12)13-9/h5-7H,2-4H2,1H3. The van der Waals surface area contributed by atoms with E-state index in [0.717, 1.165) is 18.0 Å². The summed E-state index contributed by atoms with van der Waals surface area (Å²) < 4.78 is 0. The molecule has 0 N–H and O–H groups in total. The Balaban J connectivity index is 2.16. The molecule has 1 aromatic rings. The molecule has 0 amide bonds. The van der Waals surface area contributed by atoms with Crippen LogP contribution in [0, 0.1) is 0 Å². The second kappa shape index (κ2) is 3.46. The molecule has 1 aromatic heterocycles. The van der Waals surface area contributed by atoms with Crippen LogP contribution in [0.15, 0.2) is 6.20 Å². The van der Waals surface area contributed by atoms with Crippen LogP contribution >= 0.6 is 11.3 Å². The molecule has 0 spiro atoms. The lowest BCUT2D eigenvalue weighted by Crippen LogP contribution is -2.24. The first kappa shape index (κ1) is 8.69. The summed E-state index contributed by atoms with van der Waals surface area (Å²) in [5.41, 5.74) is 0. The number of aldehydes is 1. The largest absolute Gasteiger partial charge is 0.345 e. The molecular weight excluding hydrogens is 184 g/mol. The van der Waals surface area contributed by atoms with Crippen LogP contribution in [-0.2, 0) is 0 Å². The first-order valence-corrected chi connectivity index (χ1v) is 5.34. The quantitative estimate of drug-likeness (QED) is 0.690. The summed E-state index contributed by atoms with van der Waals surface area (Å²) >= 11 is 1.48. The van der Waals surface area contributed by atoms with Crippen LogP contribution in [0.5, 0.6) is 0 Å². The van der Waals surface area contributed by atoms with Crippen molar-refractivity contribution in [3.63, 3.8) is 0 Å². The van der Waals surface area contributed by atoms with Crippen molar-refractivity contribution in [2.75, 3.05) is 11.4 Å². The number of anilines is 1. The number of carbonyl (C=O) groups is 1. The van der Waals surface area contributed by atoms with Crippen LogP contribution in [0.3, 0.4) is 0 Å². The highest BCUT2D eigenvalue weighted by atomic mass is 32.1. The Morgan fingerprint density at radius 3 is 3.00 bits per heavy atom. The lowest BCUT2D eigenvalue weighted by atomic mass is 10.5. The third kappa shape index (κ3) is 1.72. The van der Waals surface area contributed by atoms with E-state index < -0.39 is 0 Å². The minimum atomic E-state index is 0.677. The Kier molecular flexibility index (Phi) is 2.31. The van der Waals surface area contributed by atoms with Gasteiger partial charge >= 0.3 is 0 Å². The maximum Gasteiger partial charge on any atom is 0.186 e. The predicted octanol–water partition coefficient (Wildman–Crippen LogP) is 1.94. The van der Waals surface area contributed by atoms with Crippen molar-refractivity contribution in [2.24, 2.45) is 0 Å². The number of hydrogen-bond acceptors (Lipinski definition) is 4. The molecule has 0 saturated heterocycles. The number of aromatic nitrogens is 1. The van der Waals surface area contributed by atoms with Gasteiger partial charge in [0.05, 0.1) is 11.1 Å². The van der Waals surface area contributed by atoms with Gasteiger partial charge in [0.1, 0.15) is 0 Å². The number of thiazole rings is 1. The SMILES string of the molecule is CCN(c1ncc(C=O)s1)C1CC1. The fourth-order valence-electron chi connectivity index (χ4n) is 1.40. The second-order valence-corrected chi connectivity index (χ2v) is 4.22. The second-order valence-electron chi connectivity index (χ2n) is 3.18. The summed E-state index contributed by atoms with van der Waals surface area (Å²) in [5, 5.41) is 0.993. The van der Waals surface area contributed by atoms with Gasteiger partial charge in [-0.25, -0.2) is 4.98 Å². The molecule has 0 radical (unpaired) electrons. The lowest BCUT2D eigenvalue weighted by molar-refractivity contribution is 0.112. The zero-order valence-electron chi connectivity index (χ0n) is 7.56. The Morgan fingerprint density at radius 2 is 2.54 bits per heavy atom. The average molecular weight is 196 g/mol. The third-order valence-electron chi connectivity index (χ3n) is 2.20. The highest BCUT2D eigenvalue weighted by Crippen LogP contribution is 2.33. The molecule has 1 aliphatic carbocycles. The van der Waals surface area contributed by atoms with E-state index in [4.69, 9.17) is 0 Å². The molecule has 70 valence electrons. The topological polar surface area (TPSA) is 33.2 Å². The van der Waals surface area contributed by atoms with Crippen molar-refractivity contribution >= 4 is 22.8 Å². The van der Waals surface area contributed by atoms with Crippen molar-refractivity contribution in [2.45, 2.75) is 25.8 Å². The third-order valence-corrected chi connectivity index (χ3v) is 3.16. The molecule has 13 heavy (non-hydrogen) atoms. The van der Waals surface area contributed by atoms with E-state index >= 15 is 0 Å². The van der Waals surface area contributed by atoms with Gasteiger partial charge < -0.3 is 4.90 Å². The fourth-order valence-corrected chi connectivity index (χ4v) is 2.27. The Morgan fingerprint density at radius 1 is 1.77 bits per heavy atom. The zero-order chi connectivity index (χ0) is 9.26. The van der Waals surface area contributed by atoms with Gasteiger partial charge in [0.15, 0.2) is 11.4 Å².